The first kappa shape index (κ1) is 17.9. The van der Waals surface area contributed by atoms with Gasteiger partial charge in [0.15, 0.2) is 0 Å². The Hall–Kier alpha value is -1.87. The third-order valence-electron chi connectivity index (χ3n) is 3.23. The van der Waals surface area contributed by atoms with Crippen molar-refractivity contribution < 1.29 is 8.42 Å². The van der Waals surface area contributed by atoms with E-state index < -0.39 is 10.0 Å². The van der Waals surface area contributed by atoms with Gasteiger partial charge in [0.05, 0.1) is 15.1 Å². The van der Waals surface area contributed by atoms with E-state index in [1.807, 2.05) is 0 Å². The summed E-state index contributed by atoms with van der Waals surface area (Å²) in [6.45, 7) is 1.79. The minimum absolute atomic E-state index is 0.0540. The number of imidazole rings is 1. The van der Waals surface area contributed by atoms with E-state index in [0.717, 1.165) is 0 Å². The highest BCUT2D eigenvalue weighted by atomic mass is 35.5. The summed E-state index contributed by atoms with van der Waals surface area (Å²) in [7, 11) is -4.02. The zero-order chi connectivity index (χ0) is 18.2. The number of rotatable bonds is 4. The van der Waals surface area contributed by atoms with Gasteiger partial charge in [0.1, 0.15) is 28.7 Å². The maximum Gasteiger partial charge on any atom is 0.264 e. The van der Waals surface area contributed by atoms with Crippen molar-refractivity contribution in [1.29, 1.82) is 0 Å². The molecule has 0 saturated carbocycles. The molecule has 0 aliphatic rings. The maximum atomic E-state index is 12.6. The van der Waals surface area contributed by atoms with E-state index in [1.165, 1.54) is 24.5 Å². The lowest BCUT2D eigenvalue weighted by Crippen LogP contribution is -2.15. The van der Waals surface area contributed by atoms with E-state index in [4.69, 9.17) is 34.8 Å². The Bertz CT molecular complexity index is 1050. The van der Waals surface area contributed by atoms with Gasteiger partial charge >= 0.3 is 0 Å². The van der Waals surface area contributed by atoms with E-state index in [0.29, 0.717) is 11.6 Å². The molecule has 0 aliphatic heterocycles. The second-order valence-corrected chi connectivity index (χ2v) is 7.78. The Morgan fingerprint density at radius 3 is 2.40 bits per heavy atom. The highest BCUT2D eigenvalue weighted by molar-refractivity contribution is 7.92. The topological polar surface area (TPSA) is 89.8 Å². The van der Waals surface area contributed by atoms with Crippen molar-refractivity contribution in [2.24, 2.45) is 0 Å². The molecule has 0 spiro atoms. The van der Waals surface area contributed by atoms with Gasteiger partial charge in [-0.05, 0) is 19.1 Å². The standard InChI is InChI=1S/C14H10Cl3N5O2S/c1-8-18-2-3-22(8)14-6-13(19-7-20-14)21-25(23,24)12-5-10(16)9(15)4-11(12)17/h2-7H,1H3,(H,19,20,21). The van der Waals surface area contributed by atoms with Crippen molar-refractivity contribution in [3.05, 3.63) is 57.8 Å². The molecule has 2 heterocycles. The molecule has 7 nitrogen and oxygen atoms in total. The van der Waals surface area contributed by atoms with Crippen molar-refractivity contribution >= 4 is 50.6 Å². The normalized spacial score (nSPS) is 11.5. The van der Waals surface area contributed by atoms with E-state index in [-0.39, 0.29) is 25.8 Å². The van der Waals surface area contributed by atoms with Crippen LogP contribution in [0.5, 0.6) is 0 Å². The summed E-state index contributed by atoms with van der Waals surface area (Å²) in [5.41, 5.74) is 0. The minimum atomic E-state index is -4.02. The van der Waals surface area contributed by atoms with E-state index >= 15 is 0 Å². The number of aryl methyl sites for hydroxylation is 1. The minimum Gasteiger partial charge on any atom is -0.288 e. The van der Waals surface area contributed by atoms with Crippen LogP contribution in [0.3, 0.4) is 0 Å². The van der Waals surface area contributed by atoms with Gasteiger partial charge in [-0.1, -0.05) is 34.8 Å². The monoisotopic (exact) mass is 417 g/mol. The largest absolute Gasteiger partial charge is 0.288 e. The lowest BCUT2D eigenvalue weighted by molar-refractivity contribution is 0.601. The van der Waals surface area contributed by atoms with Crippen LogP contribution in [-0.4, -0.2) is 27.9 Å². The summed E-state index contributed by atoms with van der Waals surface area (Å²) in [5, 5.41) is 0.177. The van der Waals surface area contributed by atoms with E-state index in [9.17, 15) is 8.42 Å². The lowest BCUT2D eigenvalue weighted by atomic mass is 10.4. The van der Waals surface area contributed by atoms with E-state index in [1.54, 1.807) is 23.9 Å². The number of halogens is 3. The van der Waals surface area contributed by atoms with Crippen LogP contribution in [0.1, 0.15) is 5.82 Å². The number of anilines is 1. The second-order valence-electron chi connectivity index (χ2n) is 4.91. The Labute approximate surface area is 158 Å². The third-order valence-corrected chi connectivity index (χ3v) is 5.77. The van der Waals surface area contributed by atoms with Gasteiger partial charge in [0.2, 0.25) is 0 Å². The number of nitrogens with one attached hydrogen (secondary N) is 1. The molecule has 0 radical (unpaired) electrons. The Kier molecular flexibility index (Phi) is 4.88. The Morgan fingerprint density at radius 1 is 1.00 bits per heavy atom. The SMILES string of the molecule is Cc1nccn1-c1cc(NS(=O)(=O)c2cc(Cl)c(Cl)cc2Cl)ncn1. The van der Waals surface area contributed by atoms with Gasteiger partial charge in [-0.25, -0.2) is 23.4 Å². The van der Waals surface area contributed by atoms with Crippen LogP contribution in [0.4, 0.5) is 5.82 Å². The van der Waals surface area contributed by atoms with Crippen LogP contribution in [0.15, 0.2) is 41.8 Å². The van der Waals surface area contributed by atoms with Gasteiger partial charge in [-0.3, -0.25) is 9.29 Å². The molecule has 1 aromatic carbocycles. The summed E-state index contributed by atoms with van der Waals surface area (Å²) in [5.74, 6) is 1.23. The molecule has 3 rings (SSSR count). The molecule has 0 fully saturated rings. The number of aromatic nitrogens is 4. The molecule has 11 heteroatoms. The summed E-state index contributed by atoms with van der Waals surface area (Å²) in [6, 6.07) is 3.91. The van der Waals surface area contributed by atoms with Gasteiger partial charge in [-0.15, -0.1) is 0 Å². The highest BCUT2D eigenvalue weighted by Crippen LogP contribution is 2.32. The smallest absolute Gasteiger partial charge is 0.264 e. The van der Waals surface area contributed by atoms with Gasteiger partial charge in [0.25, 0.3) is 10.0 Å². The zero-order valence-corrected chi connectivity index (χ0v) is 15.7. The van der Waals surface area contributed by atoms with Gasteiger partial charge in [-0.2, -0.15) is 0 Å². The molecule has 0 saturated heterocycles. The molecule has 3 aromatic rings. The van der Waals surface area contributed by atoms with Crippen molar-refractivity contribution in [2.75, 3.05) is 4.72 Å². The van der Waals surface area contributed by atoms with Crippen molar-refractivity contribution in [2.45, 2.75) is 11.8 Å². The number of sulfonamides is 1. The molecular weight excluding hydrogens is 409 g/mol. The fourth-order valence-electron chi connectivity index (χ4n) is 2.06. The van der Waals surface area contributed by atoms with E-state index in [2.05, 4.69) is 19.7 Å². The summed E-state index contributed by atoms with van der Waals surface area (Å²) >= 11 is 17.7. The molecule has 0 atom stereocenters. The molecule has 130 valence electrons. The zero-order valence-electron chi connectivity index (χ0n) is 12.6. The highest BCUT2D eigenvalue weighted by Gasteiger charge is 2.21. The molecule has 0 aliphatic carbocycles. The van der Waals surface area contributed by atoms with Crippen LogP contribution >= 0.6 is 34.8 Å². The van der Waals surface area contributed by atoms with Gasteiger partial charge < -0.3 is 0 Å². The number of benzene rings is 1. The van der Waals surface area contributed by atoms with Crippen molar-refractivity contribution in [1.82, 2.24) is 19.5 Å². The van der Waals surface area contributed by atoms with Crippen LogP contribution in [-0.2, 0) is 10.0 Å². The Balaban J connectivity index is 1.97. The van der Waals surface area contributed by atoms with Crippen LogP contribution in [0, 0.1) is 6.92 Å². The second kappa shape index (κ2) is 6.80. The molecule has 2 aromatic heterocycles. The average molecular weight is 419 g/mol. The summed E-state index contributed by atoms with van der Waals surface area (Å²) in [6.07, 6.45) is 4.55. The fourth-order valence-corrected chi connectivity index (χ4v) is 4.06. The van der Waals surface area contributed by atoms with Gasteiger partial charge in [0, 0.05) is 18.5 Å². The average Bonchev–Trinajstić information content (AvgIpc) is 2.96. The molecular formula is C14H10Cl3N5O2S. The molecule has 0 bridgehead atoms. The number of nitrogens with zero attached hydrogens (tertiary/aromatic N) is 4. The predicted octanol–water partition coefficient (Wildman–Crippen LogP) is 3.73. The number of hydrogen-bond donors (Lipinski definition) is 1. The van der Waals surface area contributed by atoms with Crippen LogP contribution in [0.2, 0.25) is 15.1 Å². The van der Waals surface area contributed by atoms with Crippen molar-refractivity contribution in [3.63, 3.8) is 0 Å². The van der Waals surface area contributed by atoms with Crippen LogP contribution < -0.4 is 4.72 Å². The first-order valence-corrected chi connectivity index (χ1v) is 9.39. The molecule has 25 heavy (non-hydrogen) atoms. The molecule has 0 unspecified atom stereocenters. The molecule has 0 amide bonds. The maximum absolute atomic E-state index is 12.6. The quantitative estimate of drug-likeness (QED) is 0.652. The molecule has 1 N–H and O–H groups in total. The van der Waals surface area contributed by atoms with Crippen molar-refractivity contribution in [3.8, 4) is 5.82 Å². The Morgan fingerprint density at radius 2 is 1.72 bits per heavy atom. The summed E-state index contributed by atoms with van der Waals surface area (Å²) in [4.78, 5) is 11.9. The first-order chi connectivity index (χ1) is 11.8. The predicted molar refractivity (Wildman–Crippen MR) is 96.2 cm³/mol. The summed E-state index contributed by atoms with van der Waals surface area (Å²) < 4.78 is 29.2. The first-order valence-electron chi connectivity index (χ1n) is 6.77. The lowest BCUT2D eigenvalue weighted by Gasteiger charge is -2.11. The third kappa shape index (κ3) is 3.72. The number of hydrogen-bond acceptors (Lipinski definition) is 5. The fraction of sp³-hybridized carbons (Fsp3) is 0.0714. The van der Waals surface area contributed by atoms with Crippen LogP contribution in [0.25, 0.3) is 5.82 Å².